The minimum Gasteiger partial charge on any atom is -0.422 e. The van der Waals surface area contributed by atoms with Gasteiger partial charge in [0, 0.05) is 6.54 Å². The zero-order valence-electron chi connectivity index (χ0n) is 6.12. The van der Waals surface area contributed by atoms with E-state index < -0.39 is 0 Å². The van der Waals surface area contributed by atoms with Gasteiger partial charge in [0.1, 0.15) is 10.5 Å². The van der Waals surface area contributed by atoms with Crippen molar-refractivity contribution in [3.05, 3.63) is 0 Å². The Balaban J connectivity index is 3.37. The molecule has 0 radical (unpaired) electrons. The van der Waals surface area contributed by atoms with Gasteiger partial charge < -0.3 is 9.74 Å². The molecule has 3 heteroatoms. The Morgan fingerprint density at radius 3 is 2.25 bits per heavy atom. The molecule has 0 spiro atoms. The standard InChI is InChI=1S/C5H15NOSi/c1-5(2,7-8)4-6-3/h6H,4H2,1-3,8H3. The van der Waals surface area contributed by atoms with Gasteiger partial charge in [-0.05, 0) is 20.9 Å². The normalized spacial score (nSPS) is 12.4. The van der Waals surface area contributed by atoms with Crippen molar-refractivity contribution in [2.45, 2.75) is 19.4 Å². The second kappa shape index (κ2) is 3.22. The molecular weight excluding hydrogens is 118 g/mol. The smallest absolute Gasteiger partial charge is 0.146 e. The Labute approximate surface area is 54.2 Å². The maximum absolute atomic E-state index is 5.25. The Morgan fingerprint density at radius 1 is 1.62 bits per heavy atom. The number of nitrogens with one attached hydrogen (secondary N) is 1. The van der Waals surface area contributed by atoms with Crippen molar-refractivity contribution in [2.24, 2.45) is 0 Å². The first-order valence-corrected chi connectivity index (χ1v) is 3.64. The fourth-order valence-electron chi connectivity index (χ4n) is 0.498. The van der Waals surface area contributed by atoms with Crippen molar-refractivity contribution in [3.63, 3.8) is 0 Å². The first kappa shape index (κ1) is 8.14. The second-order valence-electron chi connectivity index (χ2n) is 2.49. The molecule has 0 bridgehead atoms. The van der Waals surface area contributed by atoms with Crippen molar-refractivity contribution in [1.29, 1.82) is 0 Å². The summed E-state index contributed by atoms with van der Waals surface area (Å²) in [5, 5.41) is 3.06. The van der Waals surface area contributed by atoms with Crippen LogP contribution in [-0.4, -0.2) is 29.7 Å². The molecule has 0 aliphatic rings. The summed E-state index contributed by atoms with van der Waals surface area (Å²) >= 11 is 0. The van der Waals surface area contributed by atoms with Crippen LogP contribution in [0, 0.1) is 0 Å². The monoisotopic (exact) mass is 133 g/mol. The Kier molecular flexibility index (Phi) is 3.27. The third-order valence-corrected chi connectivity index (χ3v) is 2.26. The summed E-state index contributed by atoms with van der Waals surface area (Å²) in [7, 11) is 2.75. The van der Waals surface area contributed by atoms with Gasteiger partial charge in [0.05, 0.1) is 5.60 Å². The molecular formula is C5H15NOSi. The van der Waals surface area contributed by atoms with Crippen LogP contribution in [0.4, 0.5) is 0 Å². The highest BCUT2D eigenvalue weighted by molar-refractivity contribution is 5.98. The lowest BCUT2D eigenvalue weighted by atomic mass is 10.1. The van der Waals surface area contributed by atoms with Crippen molar-refractivity contribution >= 4 is 10.5 Å². The molecule has 50 valence electrons. The third kappa shape index (κ3) is 3.18. The molecule has 0 amide bonds. The van der Waals surface area contributed by atoms with Gasteiger partial charge in [-0.15, -0.1) is 0 Å². The van der Waals surface area contributed by atoms with E-state index in [1.54, 1.807) is 0 Å². The van der Waals surface area contributed by atoms with E-state index in [1.807, 2.05) is 7.05 Å². The molecule has 8 heavy (non-hydrogen) atoms. The lowest BCUT2D eigenvalue weighted by molar-refractivity contribution is 0.124. The van der Waals surface area contributed by atoms with E-state index >= 15 is 0 Å². The number of rotatable bonds is 3. The minimum absolute atomic E-state index is 0.0426. The van der Waals surface area contributed by atoms with Crippen LogP contribution < -0.4 is 5.32 Å². The lowest BCUT2D eigenvalue weighted by Crippen LogP contribution is -2.35. The van der Waals surface area contributed by atoms with Crippen molar-refractivity contribution in [1.82, 2.24) is 5.32 Å². The third-order valence-electron chi connectivity index (χ3n) is 1.16. The molecule has 0 aromatic rings. The summed E-state index contributed by atoms with van der Waals surface area (Å²) in [5.41, 5.74) is 0.0426. The topological polar surface area (TPSA) is 21.3 Å². The zero-order valence-corrected chi connectivity index (χ0v) is 8.12. The number of hydrogen-bond acceptors (Lipinski definition) is 2. The van der Waals surface area contributed by atoms with E-state index in [0.717, 1.165) is 17.0 Å². The van der Waals surface area contributed by atoms with Crippen LogP contribution in [0.1, 0.15) is 13.8 Å². The molecule has 2 nitrogen and oxygen atoms in total. The first-order valence-electron chi connectivity index (χ1n) is 2.82. The second-order valence-corrected chi connectivity index (χ2v) is 2.90. The quantitative estimate of drug-likeness (QED) is 0.513. The maximum Gasteiger partial charge on any atom is 0.146 e. The minimum atomic E-state index is 0.0426. The zero-order chi connectivity index (χ0) is 6.62. The molecule has 0 heterocycles. The van der Waals surface area contributed by atoms with Crippen LogP contribution in [-0.2, 0) is 4.43 Å². The molecule has 0 rings (SSSR count). The van der Waals surface area contributed by atoms with Crippen LogP contribution >= 0.6 is 0 Å². The highest BCUT2D eigenvalue weighted by Gasteiger charge is 2.12. The molecule has 1 N–H and O–H groups in total. The average molecular weight is 133 g/mol. The first-order chi connectivity index (χ1) is 3.62. The van der Waals surface area contributed by atoms with Gasteiger partial charge in [0.25, 0.3) is 0 Å². The molecule has 0 aromatic carbocycles. The molecule has 0 aliphatic heterocycles. The van der Waals surface area contributed by atoms with Gasteiger partial charge in [-0.2, -0.15) is 0 Å². The van der Waals surface area contributed by atoms with Crippen molar-refractivity contribution < 1.29 is 4.43 Å². The highest BCUT2D eigenvalue weighted by Crippen LogP contribution is 2.02. The molecule has 0 unspecified atom stereocenters. The number of hydrogen-bond donors (Lipinski definition) is 1. The van der Waals surface area contributed by atoms with E-state index in [0.29, 0.717) is 0 Å². The summed E-state index contributed by atoms with van der Waals surface area (Å²) in [6, 6.07) is 0. The van der Waals surface area contributed by atoms with E-state index in [4.69, 9.17) is 4.43 Å². The highest BCUT2D eigenvalue weighted by atomic mass is 28.2. The molecule has 0 aliphatic carbocycles. The predicted octanol–water partition coefficient (Wildman–Crippen LogP) is -0.719. The largest absolute Gasteiger partial charge is 0.422 e. The molecule has 0 saturated carbocycles. The summed E-state index contributed by atoms with van der Waals surface area (Å²) in [5.74, 6) is 0. The van der Waals surface area contributed by atoms with E-state index in [2.05, 4.69) is 19.2 Å². The maximum atomic E-state index is 5.25. The molecule has 0 atom stereocenters. The Bertz CT molecular complexity index is 65.4. The molecule has 0 saturated heterocycles. The summed E-state index contributed by atoms with van der Waals surface area (Å²) < 4.78 is 5.25. The van der Waals surface area contributed by atoms with Gasteiger partial charge in [-0.3, -0.25) is 0 Å². The fraction of sp³-hybridized carbons (Fsp3) is 1.00. The summed E-state index contributed by atoms with van der Waals surface area (Å²) in [4.78, 5) is 0. The Hall–Kier alpha value is 0.137. The predicted molar refractivity (Wildman–Crippen MR) is 39.0 cm³/mol. The van der Waals surface area contributed by atoms with Gasteiger partial charge in [-0.1, -0.05) is 0 Å². The SMILES string of the molecule is CNCC(C)(C)O[SiH3]. The van der Waals surface area contributed by atoms with Crippen LogP contribution in [0.5, 0.6) is 0 Å². The molecule has 0 fully saturated rings. The molecule has 0 aromatic heterocycles. The Morgan fingerprint density at radius 2 is 2.12 bits per heavy atom. The van der Waals surface area contributed by atoms with Crippen LogP contribution in [0.3, 0.4) is 0 Å². The summed E-state index contributed by atoms with van der Waals surface area (Å²) in [6.07, 6.45) is 0. The van der Waals surface area contributed by atoms with Gasteiger partial charge in [-0.25, -0.2) is 0 Å². The lowest BCUT2D eigenvalue weighted by Gasteiger charge is -2.22. The van der Waals surface area contributed by atoms with E-state index in [1.165, 1.54) is 0 Å². The number of likely N-dealkylation sites (N-methyl/N-ethyl adjacent to an activating group) is 1. The van der Waals surface area contributed by atoms with Gasteiger partial charge in [0.15, 0.2) is 0 Å². The summed E-state index contributed by atoms with van der Waals surface area (Å²) in [6.45, 7) is 5.09. The average Bonchev–Trinajstić information content (AvgIpc) is 1.67. The van der Waals surface area contributed by atoms with Crippen molar-refractivity contribution in [2.75, 3.05) is 13.6 Å². The van der Waals surface area contributed by atoms with Crippen molar-refractivity contribution in [3.8, 4) is 0 Å². The van der Waals surface area contributed by atoms with Gasteiger partial charge in [0.2, 0.25) is 0 Å². The van der Waals surface area contributed by atoms with Gasteiger partial charge >= 0.3 is 0 Å². The van der Waals surface area contributed by atoms with E-state index in [-0.39, 0.29) is 5.60 Å². The van der Waals surface area contributed by atoms with Crippen LogP contribution in [0.2, 0.25) is 0 Å². The van der Waals surface area contributed by atoms with E-state index in [9.17, 15) is 0 Å². The van der Waals surface area contributed by atoms with Crippen LogP contribution in [0.15, 0.2) is 0 Å². The fourth-order valence-corrected chi connectivity index (χ4v) is 0.642. The van der Waals surface area contributed by atoms with Crippen LogP contribution in [0.25, 0.3) is 0 Å².